The van der Waals surface area contributed by atoms with Gasteiger partial charge < -0.3 is 15.8 Å². The molecule has 2 rings (SSSR count). The maximum atomic E-state index is 12.3. The second-order valence-electron chi connectivity index (χ2n) is 6.13. The molecule has 0 amide bonds. The molecule has 0 heterocycles. The minimum atomic E-state index is -3.03. The minimum absolute atomic E-state index is 0.119. The Morgan fingerprint density at radius 1 is 1.15 bits per heavy atom. The molecular formula is C19H22F2N4O. The lowest BCUT2D eigenvalue weighted by Gasteiger charge is -2.17. The molecule has 1 atom stereocenters. The Morgan fingerprint density at radius 3 is 2.38 bits per heavy atom. The van der Waals surface area contributed by atoms with Crippen LogP contribution in [0.2, 0.25) is 0 Å². The van der Waals surface area contributed by atoms with Crippen molar-refractivity contribution in [1.29, 1.82) is 10.8 Å². The monoisotopic (exact) mass is 360 g/mol. The molecule has 1 unspecified atom stereocenters. The summed E-state index contributed by atoms with van der Waals surface area (Å²) in [7, 11) is 0. The van der Waals surface area contributed by atoms with Crippen molar-refractivity contribution in [2.75, 3.05) is 11.1 Å². The largest absolute Gasteiger partial charge is 0.419 e. The number of rotatable bonds is 6. The summed E-state index contributed by atoms with van der Waals surface area (Å²) in [6.45, 7) is 4.01. The number of nitrogens with one attached hydrogen (secondary N) is 3. The van der Waals surface area contributed by atoms with Gasteiger partial charge in [-0.25, -0.2) is 0 Å². The zero-order chi connectivity index (χ0) is 19.3. The number of nitrogen functional groups attached to an aromatic ring is 1. The third-order valence-electron chi connectivity index (χ3n) is 3.78. The molecule has 0 saturated heterocycles. The minimum Gasteiger partial charge on any atom is -0.419 e. The van der Waals surface area contributed by atoms with Crippen LogP contribution in [0.5, 0.6) is 0 Å². The molecule has 0 saturated carbocycles. The van der Waals surface area contributed by atoms with E-state index in [0.29, 0.717) is 17.7 Å². The van der Waals surface area contributed by atoms with Gasteiger partial charge in [0.25, 0.3) is 5.90 Å². The second kappa shape index (κ2) is 8.42. The van der Waals surface area contributed by atoms with E-state index < -0.39 is 18.2 Å². The van der Waals surface area contributed by atoms with Crippen LogP contribution in [0.3, 0.4) is 0 Å². The zero-order valence-corrected chi connectivity index (χ0v) is 14.6. The van der Waals surface area contributed by atoms with Gasteiger partial charge in [0.2, 0.25) is 5.90 Å². The number of nitrogens with two attached hydrogens (primary N) is 1. The summed E-state index contributed by atoms with van der Waals surface area (Å²) in [6.07, 6.45) is -2.31. The van der Waals surface area contributed by atoms with Crippen molar-refractivity contribution in [3.05, 3.63) is 59.2 Å². The van der Waals surface area contributed by atoms with Crippen molar-refractivity contribution in [2.45, 2.75) is 32.7 Å². The van der Waals surface area contributed by atoms with Gasteiger partial charge in [-0.05, 0) is 55.7 Å². The first kappa shape index (κ1) is 19.4. The molecule has 2 aromatic rings. The molecular weight excluding hydrogens is 338 g/mol. The zero-order valence-electron chi connectivity index (χ0n) is 14.6. The van der Waals surface area contributed by atoms with Crippen LogP contribution in [0.1, 0.15) is 23.6 Å². The van der Waals surface area contributed by atoms with Crippen LogP contribution in [0.15, 0.2) is 42.5 Å². The standard InChI is InChI=1S/C19H22F2N4O/c1-11-3-8-16(15(22)9-11)25-12(2)10-13-4-6-14(7-5-13)18(23)26-19(24)17(20)21/h3-9,12,17,23-25H,10,22H2,1-2H3. The SMILES string of the molecule is Cc1ccc(NC(C)Cc2ccc(C(=N)OC(=N)C(F)F)cc2)c(N)c1. The first-order chi connectivity index (χ1) is 12.3. The van der Waals surface area contributed by atoms with Crippen LogP contribution < -0.4 is 11.1 Å². The van der Waals surface area contributed by atoms with Crippen LogP contribution in [-0.2, 0) is 11.2 Å². The highest BCUT2D eigenvalue weighted by Gasteiger charge is 2.16. The maximum absolute atomic E-state index is 12.3. The van der Waals surface area contributed by atoms with Crippen LogP contribution in [0.25, 0.3) is 0 Å². The molecule has 0 aliphatic carbocycles. The van der Waals surface area contributed by atoms with Crippen molar-refractivity contribution in [1.82, 2.24) is 0 Å². The molecule has 2 aromatic carbocycles. The number of anilines is 2. The van der Waals surface area contributed by atoms with E-state index in [-0.39, 0.29) is 6.04 Å². The Morgan fingerprint density at radius 2 is 1.81 bits per heavy atom. The first-order valence-corrected chi connectivity index (χ1v) is 8.11. The highest BCUT2D eigenvalue weighted by atomic mass is 19.3. The van der Waals surface area contributed by atoms with Gasteiger partial charge in [0.1, 0.15) is 0 Å². The first-order valence-electron chi connectivity index (χ1n) is 8.11. The average molecular weight is 360 g/mol. The molecule has 5 nitrogen and oxygen atoms in total. The fourth-order valence-electron chi connectivity index (χ4n) is 2.49. The molecule has 0 radical (unpaired) electrons. The van der Waals surface area contributed by atoms with E-state index in [4.69, 9.17) is 16.6 Å². The van der Waals surface area contributed by atoms with E-state index in [1.54, 1.807) is 24.3 Å². The molecule has 26 heavy (non-hydrogen) atoms. The fraction of sp³-hybridized carbons (Fsp3) is 0.263. The Labute approximate surface area is 151 Å². The Balaban J connectivity index is 1.95. The van der Waals surface area contributed by atoms with Crippen molar-refractivity contribution in [3.8, 4) is 0 Å². The van der Waals surface area contributed by atoms with Gasteiger partial charge in [-0.1, -0.05) is 18.2 Å². The number of benzene rings is 2. The van der Waals surface area contributed by atoms with Crippen molar-refractivity contribution < 1.29 is 13.5 Å². The van der Waals surface area contributed by atoms with Crippen LogP contribution in [-0.4, -0.2) is 24.3 Å². The average Bonchev–Trinajstić information content (AvgIpc) is 2.57. The molecule has 0 aliphatic heterocycles. The summed E-state index contributed by atoms with van der Waals surface area (Å²) in [5.74, 6) is -1.70. The van der Waals surface area contributed by atoms with Crippen LogP contribution in [0.4, 0.5) is 20.2 Å². The molecule has 138 valence electrons. The summed E-state index contributed by atoms with van der Waals surface area (Å²) in [5.41, 5.74) is 10.0. The number of hydrogen-bond donors (Lipinski definition) is 4. The van der Waals surface area contributed by atoms with Crippen molar-refractivity contribution in [2.24, 2.45) is 0 Å². The summed E-state index contributed by atoms with van der Waals surface area (Å²) >= 11 is 0. The smallest absolute Gasteiger partial charge is 0.312 e. The lowest BCUT2D eigenvalue weighted by Crippen LogP contribution is -2.19. The summed E-state index contributed by atoms with van der Waals surface area (Å²) < 4.78 is 29.1. The van der Waals surface area contributed by atoms with Gasteiger partial charge in [0.05, 0.1) is 11.4 Å². The van der Waals surface area contributed by atoms with Gasteiger partial charge in [0.15, 0.2) is 0 Å². The number of ether oxygens (including phenoxy) is 1. The molecule has 5 N–H and O–H groups in total. The number of hydrogen-bond acceptors (Lipinski definition) is 5. The van der Waals surface area contributed by atoms with Crippen LogP contribution in [0, 0.1) is 17.7 Å². The topological polar surface area (TPSA) is 95.0 Å². The van der Waals surface area contributed by atoms with Gasteiger partial charge in [-0.15, -0.1) is 0 Å². The van der Waals surface area contributed by atoms with Crippen molar-refractivity contribution >= 4 is 23.2 Å². The molecule has 0 aliphatic rings. The molecule has 0 fully saturated rings. The van der Waals surface area contributed by atoms with Crippen LogP contribution >= 0.6 is 0 Å². The van der Waals surface area contributed by atoms with Crippen molar-refractivity contribution in [3.63, 3.8) is 0 Å². The predicted octanol–water partition coefficient (Wildman–Crippen LogP) is 4.20. The van der Waals surface area contributed by atoms with E-state index in [0.717, 1.165) is 16.8 Å². The Kier molecular flexibility index (Phi) is 6.27. The van der Waals surface area contributed by atoms with Gasteiger partial charge in [-0.2, -0.15) is 8.78 Å². The molecule has 0 aromatic heterocycles. The highest BCUT2D eigenvalue weighted by molar-refractivity contribution is 5.99. The molecule has 0 bridgehead atoms. The summed E-state index contributed by atoms with van der Waals surface area (Å²) in [6, 6.07) is 12.8. The van der Waals surface area contributed by atoms with E-state index in [1.807, 2.05) is 32.0 Å². The van der Waals surface area contributed by atoms with E-state index in [9.17, 15) is 8.78 Å². The number of halogens is 2. The lowest BCUT2D eigenvalue weighted by atomic mass is 10.0. The predicted molar refractivity (Wildman–Crippen MR) is 100 cm³/mol. The van der Waals surface area contributed by atoms with E-state index >= 15 is 0 Å². The Bertz CT molecular complexity index is 791. The second-order valence-corrected chi connectivity index (χ2v) is 6.13. The van der Waals surface area contributed by atoms with E-state index in [2.05, 4.69) is 10.1 Å². The van der Waals surface area contributed by atoms with E-state index in [1.165, 1.54) is 0 Å². The lowest BCUT2D eigenvalue weighted by molar-refractivity contribution is 0.197. The van der Waals surface area contributed by atoms with Gasteiger partial charge in [-0.3, -0.25) is 10.8 Å². The normalized spacial score (nSPS) is 11.9. The summed E-state index contributed by atoms with van der Waals surface area (Å²) in [4.78, 5) is 0. The maximum Gasteiger partial charge on any atom is 0.312 e. The van der Waals surface area contributed by atoms with Gasteiger partial charge >= 0.3 is 6.43 Å². The highest BCUT2D eigenvalue weighted by Crippen LogP contribution is 2.21. The number of alkyl halides is 2. The number of aryl methyl sites for hydroxylation is 1. The van der Waals surface area contributed by atoms with Gasteiger partial charge in [0, 0.05) is 11.6 Å². The third-order valence-corrected chi connectivity index (χ3v) is 3.78. The summed E-state index contributed by atoms with van der Waals surface area (Å²) in [5, 5.41) is 18.0. The molecule has 7 heteroatoms. The Hall–Kier alpha value is -2.96. The third kappa shape index (κ3) is 5.27. The fourth-order valence-corrected chi connectivity index (χ4v) is 2.49. The quantitative estimate of drug-likeness (QED) is 0.353. The molecule has 0 spiro atoms.